The molecule has 0 saturated carbocycles. The Hall–Kier alpha value is -0.141. The number of hydrogen-bond acceptors (Lipinski definition) is 2. The first-order valence-electron chi connectivity index (χ1n) is 2.77. The summed E-state index contributed by atoms with van der Waals surface area (Å²) < 4.78 is 5.53. The van der Waals surface area contributed by atoms with Crippen LogP contribution in [0, 0.1) is 0 Å². The van der Waals surface area contributed by atoms with E-state index < -0.39 is 0 Å². The molecule has 1 aromatic rings. The molecule has 0 atom stereocenters. The predicted molar refractivity (Wildman–Crippen MR) is 31.0 cm³/mol. The van der Waals surface area contributed by atoms with Crippen molar-refractivity contribution >= 4 is 14.7 Å². The van der Waals surface area contributed by atoms with Gasteiger partial charge in [0.2, 0.25) is 0 Å². The molecule has 42 valence electrons. The number of hydrogen-bond donors (Lipinski definition) is 0. The van der Waals surface area contributed by atoms with Crippen molar-refractivity contribution in [2.24, 2.45) is 0 Å². The fourth-order valence-electron chi connectivity index (χ4n) is 1.02. The normalized spacial score (nSPS) is 16.5. The molecule has 8 heavy (non-hydrogen) atoms. The number of rotatable bonds is 0. The molecular weight excluding hydrogens is 167 g/mol. The third kappa shape index (κ3) is 0.550. The number of aromatic nitrogens is 2. The van der Waals surface area contributed by atoms with Gasteiger partial charge in [0, 0.05) is 0 Å². The molecule has 1 aromatic heterocycles. The molecule has 0 aromatic carbocycles. The average molecular weight is 173 g/mol. The summed E-state index contributed by atoms with van der Waals surface area (Å²) in [7, 11) is 0. The van der Waals surface area contributed by atoms with E-state index in [-0.39, 0.29) is 0 Å². The average Bonchev–Trinajstić information content (AvgIpc) is 2.15. The SMILES string of the molecule is C1Cc2nn[se]c2C1. The predicted octanol–water partition coefficient (Wildman–Crippen LogP) is 0.0223. The van der Waals surface area contributed by atoms with Crippen molar-refractivity contribution in [2.75, 3.05) is 0 Å². The summed E-state index contributed by atoms with van der Waals surface area (Å²) in [5.74, 6) is 0. The molecule has 0 radical (unpaired) electrons. The Bertz CT molecular complexity index is 176. The van der Waals surface area contributed by atoms with Crippen LogP contribution < -0.4 is 0 Å². The Labute approximate surface area is 53.9 Å². The van der Waals surface area contributed by atoms with Crippen LogP contribution in [0.2, 0.25) is 0 Å². The van der Waals surface area contributed by atoms with E-state index >= 15 is 0 Å². The van der Waals surface area contributed by atoms with Crippen LogP contribution in [0.5, 0.6) is 0 Å². The van der Waals surface area contributed by atoms with Crippen molar-refractivity contribution in [1.29, 1.82) is 0 Å². The van der Waals surface area contributed by atoms with Gasteiger partial charge in [-0.25, -0.2) is 0 Å². The van der Waals surface area contributed by atoms with Crippen LogP contribution in [-0.4, -0.2) is 23.9 Å². The van der Waals surface area contributed by atoms with Gasteiger partial charge in [-0.05, 0) is 0 Å². The van der Waals surface area contributed by atoms with Gasteiger partial charge in [0.25, 0.3) is 0 Å². The van der Waals surface area contributed by atoms with Crippen molar-refractivity contribution in [2.45, 2.75) is 19.3 Å². The van der Waals surface area contributed by atoms with Crippen LogP contribution in [0.4, 0.5) is 0 Å². The summed E-state index contributed by atoms with van der Waals surface area (Å²) in [5, 5.41) is 4.03. The molecule has 0 spiro atoms. The zero-order chi connectivity index (χ0) is 5.40. The Morgan fingerprint density at radius 2 is 2.38 bits per heavy atom. The zero-order valence-corrected chi connectivity index (χ0v) is 6.14. The zero-order valence-electron chi connectivity index (χ0n) is 4.42. The first-order valence-corrected chi connectivity index (χ1v) is 4.39. The molecule has 0 fully saturated rings. The number of fused-ring (bicyclic) bond motifs is 1. The van der Waals surface area contributed by atoms with Gasteiger partial charge in [0.15, 0.2) is 0 Å². The second kappa shape index (κ2) is 1.67. The maximum absolute atomic E-state index is 4.03. The molecular formula is C5H6N2Se. The van der Waals surface area contributed by atoms with Crippen molar-refractivity contribution in [3.63, 3.8) is 0 Å². The maximum atomic E-state index is 4.03. The van der Waals surface area contributed by atoms with Gasteiger partial charge in [-0.2, -0.15) is 0 Å². The molecule has 0 unspecified atom stereocenters. The third-order valence-corrected chi connectivity index (χ3v) is 3.18. The van der Waals surface area contributed by atoms with E-state index in [4.69, 9.17) is 0 Å². The Morgan fingerprint density at radius 3 is 3.25 bits per heavy atom. The summed E-state index contributed by atoms with van der Waals surface area (Å²) in [6.07, 6.45) is 3.80. The molecule has 1 heterocycles. The minimum atomic E-state index is 0.409. The Kier molecular flexibility index (Phi) is 0.986. The monoisotopic (exact) mass is 174 g/mol. The molecule has 0 saturated heterocycles. The van der Waals surface area contributed by atoms with E-state index in [1.54, 1.807) is 4.44 Å². The fraction of sp³-hybridized carbons (Fsp3) is 0.600. The van der Waals surface area contributed by atoms with Crippen molar-refractivity contribution in [1.82, 2.24) is 9.19 Å². The summed E-state index contributed by atoms with van der Waals surface area (Å²) >= 11 is 0.409. The van der Waals surface area contributed by atoms with Gasteiger partial charge < -0.3 is 0 Å². The van der Waals surface area contributed by atoms with Crippen LogP contribution in [0.1, 0.15) is 16.6 Å². The third-order valence-electron chi connectivity index (χ3n) is 1.45. The second-order valence-corrected chi connectivity index (χ2v) is 3.76. The van der Waals surface area contributed by atoms with E-state index in [1.807, 2.05) is 0 Å². The quantitative estimate of drug-likeness (QED) is 0.517. The van der Waals surface area contributed by atoms with Crippen molar-refractivity contribution in [3.8, 4) is 0 Å². The number of aryl methyl sites for hydroxylation is 2. The molecule has 2 nitrogen and oxygen atoms in total. The van der Waals surface area contributed by atoms with Crippen molar-refractivity contribution < 1.29 is 0 Å². The van der Waals surface area contributed by atoms with Gasteiger partial charge in [0.05, 0.1) is 0 Å². The van der Waals surface area contributed by atoms with Crippen LogP contribution in [-0.2, 0) is 12.8 Å². The first kappa shape index (κ1) is 4.71. The van der Waals surface area contributed by atoms with Crippen LogP contribution in [0.25, 0.3) is 0 Å². The second-order valence-electron chi connectivity index (χ2n) is 2.00. The molecule has 0 N–H and O–H groups in total. The van der Waals surface area contributed by atoms with E-state index in [0.717, 1.165) is 0 Å². The van der Waals surface area contributed by atoms with Crippen LogP contribution in [0.3, 0.4) is 0 Å². The molecule has 0 aliphatic heterocycles. The summed E-state index contributed by atoms with van der Waals surface area (Å²) in [5.41, 5.74) is 1.31. The molecule has 2 rings (SSSR count). The van der Waals surface area contributed by atoms with E-state index in [2.05, 4.69) is 9.19 Å². The molecule has 1 aliphatic rings. The topological polar surface area (TPSA) is 25.8 Å². The van der Waals surface area contributed by atoms with Crippen LogP contribution >= 0.6 is 0 Å². The molecule has 1 aliphatic carbocycles. The first-order chi connectivity index (χ1) is 3.97. The summed E-state index contributed by atoms with van der Waals surface area (Å²) in [6, 6.07) is 0. The van der Waals surface area contributed by atoms with Crippen molar-refractivity contribution in [3.05, 3.63) is 10.1 Å². The number of nitrogens with zero attached hydrogens (tertiary/aromatic N) is 2. The Morgan fingerprint density at radius 1 is 1.38 bits per heavy atom. The van der Waals surface area contributed by atoms with E-state index in [0.29, 0.717) is 14.7 Å². The summed E-state index contributed by atoms with van der Waals surface area (Å²) in [4.78, 5) is 0. The standard InChI is InChI=1S/C5H6N2Se/c1-2-4-5(3-1)8-7-6-4/h1-3H2. The van der Waals surface area contributed by atoms with Gasteiger partial charge in [-0.1, -0.05) is 0 Å². The van der Waals surface area contributed by atoms with Gasteiger partial charge in [0.1, 0.15) is 0 Å². The fourth-order valence-corrected chi connectivity index (χ4v) is 2.54. The van der Waals surface area contributed by atoms with E-state index in [9.17, 15) is 0 Å². The van der Waals surface area contributed by atoms with Gasteiger partial charge >= 0.3 is 53.3 Å². The van der Waals surface area contributed by atoms with E-state index in [1.165, 1.54) is 25.0 Å². The Balaban J connectivity index is 2.54. The molecule has 0 bridgehead atoms. The summed E-state index contributed by atoms with van der Waals surface area (Å²) in [6.45, 7) is 0. The van der Waals surface area contributed by atoms with Gasteiger partial charge in [-0.3, -0.25) is 0 Å². The minimum absolute atomic E-state index is 0.409. The van der Waals surface area contributed by atoms with Gasteiger partial charge in [-0.15, -0.1) is 0 Å². The van der Waals surface area contributed by atoms with Crippen LogP contribution in [0.15, 0.2) is 0 Å². The molecule has 3 heteroatoms. The molecule has 0 amide bonds.